The van der Waals surface area contributed by atoms with Crippen LogP contribution in [0.1, 0.15) is 67.7 Å². The second-order valence-corrected chi connectivity index (χ2v) is 11.1. The third kappa shape index (κ3) is 4.41. The van der Waals surface area contributed by atoms with E-state index in [1.165, 1.54) is 11.1 Å². The molecule has 2 saturated heterocycles. The SMILES string of the molecule is CC(C)(C)OC(=O)N1CCC2(CC1)CN(C1CCc3cc(-c4ccc(C(N)=O)nc4)ccc31)C2. The number of nitrogens with two attached hydrogens (primary N) is 1. The maximum absolute atomic E-state index is 12.4. The lowest BCUT2D eigenvalue weighted by Crippen LogP contribution is -2.61. The van der Waals surface area contributed by atoms with Crippen molar-refractivity contribution in [3.05, 3.63) is 53.3 Å². The average Bonchev–Trinajstić information content (AvgIpc) is 3.19. The monoisotopic (exact) mass is 462 g/mol. The molecule has 7 heteroatoms. The van der Waals surface area contributed by atoms with Crippen molar-refractivity contribution in [3.63, 3.8) is 0 Å². The number of fused-ring (bicyclic) bond motifs is 1. The molecule has 1 spiro atoms. The van der Waals surface area contributed by atoms with Gasteiger partial charge in [0.1, 0.15) is 11.3 Å². The number of piperidine rings is 1. The Morgan fingerprint density at radius 2 is 1.79 bits per heavy atom. The number of aromatic nitrogens is 1. The molecule has 0 saturated carbocycles. The third-order valence-corrected chi connectivity index (χ3v) is 7.53. The van der Waals surface area contributed by atoms with Crippen molar-refractivity contribution >= 4 is 12.0 Å². The standard InChI is InChI=1S/C27H34N4O3/c1-26(2,3)34-25(33)30-12-10-27(11-13-30)16-31(17-27)23-9-6-19-14-18(4-7-21(19)23)20-5-8-22(24(28)32)29-15-20/h4-5,7-8,14-15,23H,6,9-13,16-17H2,1-3H3,(H2,28,32). The highest BCUT2D eigenvalue weighted by Crippen LogP contribution is 2.48. The van der Waals surface area contributed by atoms with Crippen LogP contribution >= 0.6 is 0 Å². The number of benzene rings is 1. The number of pyridine rings is 1. The number of carbonyl (C=O) groups excluding carboxylic acids is 2. The molecule has 3 aliphatic rings. The molecule has 1 aromatic heterocycles. The summed E-state index contributed by atoms with van der Waals surface area (Å²) in [6.07, 6.45) is 5.87. The van der Waals surface area contributed by atoms with Crippen molar-refractivity contribution in [3.8, 4) is 11.1 Å². The quantitative estimate of drug-likeness (QED) is 0.740. The number of rotatable bonds is 3. The molecule has 1 unspecified atom stereocenters. The van der Waals surface area contributed by atoms with Gasteiger partial charge in [0.2, 0.25) is 0 Å². The van der Waals surface area contributed by atoms with Gasteiger partial charge in [-0.2, -0.15) is 0 Å². The minimum absolute atomic E-state index is 0.182. The molecular formula is C27H34N4O3. The van der Waals surface area contributed by atoms with Gasteiger partial charge in [0.15, 0.2) is 0 Å². The van der Waals surface area contributed by atoms with Gasteiger partial charge < -0.3 is 15.4 Å². The van der Waals surface area contributed by atoms with E-state index in [1.54, 1.807) is 12.3 Å². The Balaban J connectivity index is 1.19. The summed E-state index contributed by atoms with van der Waals surface area (Å²) < 4.78 is 5.55. The predicted octanol–water partition coefficient (Wildman–Crippen LogP) is 4.17. The van der Waals surface area contributed by atoms with E-state index in [4.69, 9.17) is 10.5 Å². The van der Waals surface area contributed by atoms with Crippen LogP contribution in [0, 0.1) is 5.41 Å². The van der Waals surface area contributed by atoms with Gasteiger partial charge in [0.25, 0.3) is 5.91 Å². The maximum atomic E-state index is 12.4. The number of hydrogen-bond donors (Lipinski definition) is 1. The minimum Gasteiger partial charge on any atom is -0.444 e. The molecule has 5 rings (SSSR count). The number of carbonyl (C=O) groups is 2. The first kappa shape index (κ1) is 22.8. The zero-order valence-corrected chi connectivity index (χ0v) is 20.3. The fraction of sp³-hybridized carbons (Fsp3) is 0.519. The Bertz CT molecular complexity index is 1090. The van der Waals surface area contributed by atoms with E-state index in [2.05, 4.69) is 28.1 Å². The van der Waals surface area contributed by atoms with E-state index in [1.807, 2.05) is 31.7 Å². The molecule has 0 radical (unpaired) electrons. The first-order valence-corrected chi connectivity index (χ1v) is 12.2. The first-order valence-electron chi connectivity index (χ1n) is 12.2. The number of hydrogen-bond acceptors (Lipinski definition) is 5. The summed E-state index contributed by atoms with van der Waals surface area (Å²) >= 11 is 0. The number of nitrogens with zero attached hydrogens (tertiary/aromatic N) is 3. The van der Waals surface area contributed by atoms with Crippen LogP contribution in [0.2, 0.25) is 0 Å². The lowest BCUT2D eigenvalue weighted by Gasteiger charge is -2.56. The number of aryl methyl sites for hydroxylation is 1. The highest BCUT2D eigenvalue weighted by Gasteiger charge is 2.48. The van der Waals surface area contributed by atoms with E-state index in [9.17, 15) is 9.59 Å². The van der Waals surface area contributed by atoms with Crippen molar-refractivity contribution in [1.29, 1.82) is 0 Å². The number of amides is 2. The van der Waals surface area contributed by atoms with Crippen molar-refractivity contribution in [2.75, 3.05) is 26.2 Å². The third-order valence-electron chi connectivity index (χ3n) is 7.53. The topological polar surface area (TPSA) is 88.8 Å². The zero-order chi connectivity index (χ0) is 24.1. The summed E-state index contributed by atoms with van der Waals surface area (Å²) in [6.45, 7) is 9.54. The van der Waals surface area contributed by atoms with E-state index >= 15 is 0 Å². The van der Waals surface area contributed by atoms with Crippen LogP contribution in [-0.2, 0) is 11.2 Å². The Morgan fingerprint density at radius 3 is 2.41 bits per heavy atom. The van der Waals surface area contributed by atoms with Gasteiger partial charge in [-0.25, -0.2) is 4.79 Å². The van der Waals surface area contributed by atoms with Crippen molar-refractivity contribution < 1.29 is 14.3 Å². The molecule has 7 nitrogen and oxygen atoms in total. The summed E-state index contributed by atoms with van der Waals surface area (Å²) in [6, 6.07) is 10.8. The fourth-order valence-electron chi connectivity index (χ4n) is 5.71. The molecule has 1 aliphatic carbocycles. The Hall–Kier alpha value is -2.93. The fourth-order valence-corrected chi connectivity index (χ4v) is 5.71. The highest BCUT2D eigenvalue weighted by atomic mass is 16.6. The summed E-state index contributed by atoms with van der Waals surface area (Å²) in [5.41, 5.74) is 10.4. The van der Waals surface area contributed by atoms with Crippen LogP contribution in [0.3, 0.4) is 0 Å². The molecule has 1 aromatic carbocycles. The van der Waals surface area contributed by atoms with Gasteiger partial charge in [-0.1, -0.05) is 24.3 Å². The van der Waals surface area contributed by atoms with E-state index in [0.29, 0.717) is 11.5 Å². The molecule has 2 aromatic rings. The van der Waals surface area contributed by atoms with Crippen LogP contribution < -0.4 is 5.73 Å². The van der Waals surface area contributed by atoms with Gasteiger partial charge >= 0.3 is 6.09 Å². The van der Waals surface area contributed by atoms with Gasteiger partial charge in [0, 0.05) is 44.0 Å². The molecule has 34 heavy (non-hydrogen) atoms. The van der Waals surface area contributed by atoms with E-state index in [0.717, 1.165) is 63.0 Å². The minimum atomic E-state index is -0.508. The average molecular weight is 463 g/mol. The lowest BCUT2D eigenvalue weighted by molar-refractivity contribution is -0.0716. The second-order valence-electron chi connectivity index (χ2n) is 11.1. The molecular weight excluding hydrogens is 428 g/mol. The molecule has 0 bridgehead atoms. The van der Waals surface area contributed by atoms with Crippen LogP contribution in [-0.4, -0.2) is 58.6 Å². The number of likely N-dealkylation sites (tertiary alicyclic amines) is 2. The van der Waals surface area contributed by atoms with Crippen LogP contribution in [0.4, 0.5) is 4.79 Å². The smallest absolute Gasteiger partial charge is 0.410 e. The van der Waals surface area contributed by atoms with Gasteiger partial charge in [-0.05, 0) is 74.6 Å². The summed E-state index contributed by atoms with van der Waals surface area (Å²) in [7, 11) is 0. The maximum Gasteiger partial charge on any atom is 0.410 e. The zero-order valence-electron chi connectivity index (χ0n) is 20.3. The van der Waals surface area contributed by atoms with Crippen LogP contribution in [0.25, 0.3) is 11.1 Å². The Kier molecular flexibility index (Phi) is 5.63. The number of ether oxygens (including phenoxy) is 1. The van der Waals surface area contributed by atoms with Crippen molar-refractivity contribution in [1.82, 2.24) is 14.8 Å². The lowest BCUT2D eigenvalue weighted by atomic mass is 9.71. The second kappa shape index (κ2) is 8.38. The normalized spacial score (nSPS) is 21.7. The molecule has 1 atom stereocenters. The van der Waals surface area contributed by atoms with Gasteiger partial charge in [0.05, 0.1) is 0 Å². The van der Waals surface area contributed by atoms with Gasteiger partial charge in [-0.3, -0.25) is 14.7 Å². The molecule has 2 aliphatic heterocycles. The van der Waals surface area contributed by atoms with E-state index in [-0.39, 0.29) is 11.8 Å². The van der Waals surface area contributed by atoms with Crippen LogP contribution in [0.15, 0.2) is 36.5 Å². The molecule has 2 amide bonds. The number of primary amides is 1. The van der Waals surface area contributed by atoms with Crippen LogP contribution in [0.5, 0.6) is 0 Å². The summed E-state index contributed by atoms with van der Waals surface area (Å²) in [5, 5.41) is 0. The molecule has 3 heterocycles. The van der Waals surface area contributed by atoms with Crippen molar-refractivity contribution in [2.45, 2.75) is 58.1 Å². The highest BCUT2D eigenvalue weighted by molar-refractivity contribution is 5.91. The largest absolute Gasteiger partial charge is 0.444 e. The molecule has 2 fully saturated rings. The Morgan fingerprint density at radius 1 is 1.09 bits per heavy atom. The molecule has 2 N–H and O–H groups in total. The van der Waals surface area contributed by atoms with E-state index < -0.39 is 11.5 Å². The van der Waals surface area contributed by atoms with Gasteiger partial charge in [-0.15, -0.1) is 0 Å². The summed E-state index contributed by atoms with van der Waals surface area (Å²) in [4.78, 5) is 32.3. The summed E-state index contributed by atoms with van der Waals surface area (Å²) in [5.74, 6) is -0.508. The van der Waals surface area contributed by atoms with Crippen molar-refractivity contribution in [2.24, 2.45) is 11.1 Å². The first-order chi connectivity index (χ1) is 16.1. The molecule has 180 valence electrons. The Labute approximate surface area is 201 Å². The predicted molar refractivity (Wildman–Crippen MR) is 130 cm³/mol.